The SMILES string of the molecule is Cc1cc(Br)cc(NC(=O)C(C)Oc2cccc(Cl)c2)c1. The molecule has 3 nitrogen and oxygen atoms in total. The zero-order valence-electron chi connectivity index (χ0n) is 11.7. The first-order valence-electron chi connectivity index (χ1n) is 6.44. The first kappa shape index (κ1) is 15.9. The van der Waals surface area contributed by atoms with Crippen molar-refractivity contribution < 1.29 is 9.53 Å². The second kappa shape index (κ2) is 6.96. The second-order valence-electron chi connectivity index (χ2n) is 4.72. The Kier molecular flexibility index (Phi) is 5.26. The van der Waals surface area contributed by atoms with Crippen LogP contribution >= 0.6 is 27.5 Å². The Morgan fingerprint density at radius 3 is 2.71 bits per heavy atom. The van der Waals surface area contributed by atoms with Gasteiger partial charge in [-0.1, -0.05) is 33.6 Å². The molecule has 0 saturated heterocycles. The molecule has 2 rings (SSSR count). The van der Waals surface area contributed by atoms with E-state index in [0.717, 1.165) is 15.7 Å². The number of anilines is 1. The van der Waals surface area contributed by atoms with Gasteiger partial charge in [-0.2, -0.15) is 0 Å². The lowest BCUT2D eigenvalue weighted by Gasteiger charge is -2.15. The molecule has 0 fully saturated rings. The molecule has 1 amide bonds. The van der Waals surface area contributed by atoms with E-state index in [2.05, 4.69) is 21.2 Å². The Bertz CT molecular complexity index is 640. The molecule has 21 heavy (non-hydrogen) atoms. The molecule has 0 saturated carbocycles. The summed E-state index contributed by atoms with van der Waals surface area (Å²) in [6.07, 6.45) is -0.622. The lowest BCUT2D eigenvalue weighted by Crippen LogP contribution is -2.30. The molecule has 110 valence electrons. The van der Waals surface area contributed by atoms with E-state index < -0.39 is 6.10 Å². The topological polar surface area (TPSA) is 38.3 Å². The third-order valence-corrected chi connectivity index (χ3v) is 3.48. The highest BCUT2D eigenvalue weighted by molar-refractivity contribution is 9.10. The Morgan fingerprint density at radius 1 is 1.29 bits per heavy atom. The van der Waals surface area contributed by atoms with E-state index in [4.69, 9.17) is 16.3 Å². The van der Waals surface area contributed by atoms with E-state index in [1.54, 1.807) is 31.2 Å². The summed E-state index contributed by atoms with van der Waals surface area (Å²) in [5.74, 6) is 0.350. The number of benzene rings is 2. The standard InChI is InChI=1S/C16H15BrClNO2/c1-10-6-12(17)8-14(7-10)19-16(20)11(2)21-15-5-3-4-13(18)9-15/h3-9,11H,1-2H3,(H,19,20). The lowest BCUT2D eigenvalue weighted by atomic mass is 10.2. The molecule has 1 atom stereocenters. The van der Waals surface area contributed by atoms with Crippen LogP contribution in [0.1, 0.15) is 12.5 Å². The van der Waals surface area contributed by atoms with Gasteiger partial charge in [0.15, 0.2) is 6.10 Å². The molecule has 5 heteroatoms. The molecule has 0 aromatic heterocycles. The van der Waals surface area contributed by atoms with Gasteiger partial charge in [0.25, 0.3) is 5.91 Å². The number of amides is 1. The van der Waals surface area contributed by atoms with Gasteiger partial charge in [0.05, 0.1) is 0 Å². The highest BCUT2D eigenvalue weighted by atomic mass is 79.9. The summed E-state index contributed by atoms with van der Waals surface area (Å²) in [6, 6.07) is 12.7. The largest absolute Gasteiger partial charge is 0.481 e. The molecule has 2 aromatic rings. The van der Waals surface area contributed by atoms with E-state index in [1.165, 1.54) is 0 Å². The maximum atomic E-state index is 12.1. The summed E-state index contributed by atoms with van der Waals surface area (Å²) < 4.78 is 6.50. The van der Waals surface area contributed by atoms with Gasteiger partial charge < -0.3 is 10.1 Å². The summed E-state index contributed by atoms with van der Waals surface area (Å²) in [6.45, 7) is 3.66. The van der Waals surface area contributed by atoms with Gasteiger partial charge in [0, 0.05) is 15.2 Å². The monoisotopic (exact) mass is 367 g/mol. The number of hydrogen-bond donors (Lipinski definition) is 1. The molecule has 0 bridgehead atoms. The van der Waals surface area contributed by atoms with E-state index in [-0.39, 0.29) is 5.91 Å². The fourth-order valence-electron chi connectivity index (χ4n) is 1.85. The first-order chi connectivity index (χ1) is 9.94. The number of ether oxygens (including phenoxy) is 1. The van der Waals surface area contributed by atoms with E-state index >= 15 is 0 Å². The van der Waals surface area contributed by atoms with Crippen molar-refractivity contribution >= 4 is 39.1 Å². The van der Waals surface area contributed by atoms with Crippen molar-refractivity contribution in [3.63, 3.8) is 0 Å². The predicted molar refractivity (Wildman–Crippen MR) is 89.1 cm³/mol. The normalized spacial score (nSPS) is 11.8. The average Bonchev–Trinajstić information content (AvgIpc) is 2.37. The van der Waals surface area contributed by atoms with Gasteiger partial charge in [-0.15, -0.1) is 0 Å². The average molecular weight is 369 g/mol. The Morgan fingerprint density at radius 2 is 2.05 bits per heavy atom. The number of carbonyl (C=O) groups is 1. The van der Waals surface area contributed by atoms with Crippen LogP contribution in [0.5, 0.6) is 5.75 Å². The van der Waals surface area contributed by atoms with Crippen LogP contribution in [-0.2, 0) is 4.79 Å². The van der Waals surface area contributed by atoms with E-state index in [1.807, 2.05) is 25.1 Å². The summed E-state index contributed by atoms with van der Waals surface area (Å²) in [5.41, 5.74) is 1.79. The number of hydrogen-bond acceptors (Lipinski definition) is 2. The van der Waals surface area contributed by atoms with Crippen molar-refractivity contribution in [3.8, 4) is 5.75 Å². The molecule has 0 aliphatic heterocycles. The highest BCUT2D eigenvalue weighted by Gasteiger charge is 2.15. The Labute approximate surface area is 137 Å². The van der Waals surface area contributed by atoms with Crippen molar-refractivity contribution in [3.05, 3.63) is 57.5 Å². The van der Waals surface area contributed by atoms with Crippen LogP contribution < -0.4 is 10.1 Å². The summed E-state index contributed by atoms with van der Waals surface area (Å²) >= 11 is 9.29. The molecule has 2 aromatic carbocycles. The van der Waals surface area contributed by atoms with Gasteiger partial charge in [-0.3, -0.25) is 4.79 Å². The molecule has 1 N–H and O–H groups in total. The number of aryl methyl sites for hydroxylation is 1. The highest BCUT2D eigenvalue weighted by Crippen LogP contribution is 2.21. The summed E-state index contributed by atoms with van der Waals surface area (Å²) in [5, 5.41) is 3.40. The maximum absolute atomic E-state index is 12.1. The van der Waals surface area contributed by atoms with Gasteiger partial charge >= 0.3 is 0 Å². The minimum absolute atomic E-state index is 0.215. The zero-order valence-corrected chi connectivity index (χ0v) is 14.0. The van der Waals surface area contributed by atoms with Gasteiger partial charge in [-0.05, 0) is 55.8 Å². The van der Waals surface area contributed by atoms with Crippen LogP contribution in [0.3, 0.4) is 0 Å². The minimum atomic E-state index is -0.622. The number of rotatable bonds is 4. The third kappa shape index (κ3) is 4.76. The van der Waals surface area contributed by atoms with Gasteiger partial charge in [0.1, 0.15) is 5.75 Å². The Hall–Kier alpha value is -1.52. The Balaban J connectivity index is 2.02. The van der Waals surface area contributed by atoms with Crippen molar-refractivity contribution in [2.75, 3.05) is 5.32 Å². The fraction of sp³-hybridized carbons (Fsp3) is 0.188. The number of halogens is 2. The fourth-order valence-corrected chi connectivity index (χ4v) is 2.64. The molecular weight excluding hydrogens is 354 g/mol. The second-order valence-corrected chi connectivity index (χ2v) is 6.08. The minimum Gasteiger partial charge on any atom is -0.481 e. The van der Waals surface area contributed by atoms with Crippen LogP contribution in [0.2, 0.25) is 5.02 Å². The maximum Gasteiger partial charge on any atom is 0.265 e. The van der Waals surface area contributed by atoms with Crippen LogP contribution in [0, 0.1) is 6.92 Å². The quantitative estimate of drug-likeness (QED) is 0.840. The van der Waals surface area contributed by atoms with Crippen LogP contribution in [-0.4, -0.2) is 12.0 Å². The smallest absolute Gasteiger partial charge is 0.265 e. The zero-order chi connectivity index (χ0) is 15.4. The van der Waals surface area contributed by atoms with Gasteiger partial charge in [-0.25, -0.2) is 0 Å². The molecule has 0 aliphatic rings. The van der Waals surface area contributed by atoms with Crippen molar-refractivity contribution in [2.24, 2.45) is 0 Å². The van der Waals surface area contributed by atoms with E-state index in [0.29, 0.717) is 10.8 Å². The van der Waals surface area contributed by atoms with Crippen molar-refractivity contribution in [1.29, 1.82) is 0 Å². The molecule has 0 radical (unpaired) electrons. The lowest BCUT2D eigenvalue weighted by molar-refractivity contribution is -0.122. The van der Waals surface area contributed by atoms with Crippen molar-refractivity contribution in [1.82, 2.24) is 0 Å². The molecular formula is C16H15BrClNO2. The van der Waals surface area contributed by atoms with Crippen LogP contribution in [0.25, 0.3) is 0 Å². The van der Waals surface area contributed by atoms with Crippen LogP contribution in [0.15, 0.2) is 46.9 Å². The number of carbonyl (C=O) groups excluding carboxylic acids is 1. The summed E-state index contributed by atoms with van der Waals surface area (Å²) in [4.78, 5) is 12.1. The van der Waals surface area contributed by atoms with E-state index in [9.17, 15) is 4.79 Å². The van der Waals surface area contributed by atoms with Crippen LogP contribution in [0.4, 0.5) is 5.69 Å². The number of nitrogens with one attached hydrogen (secondary N) is 1. The summed E-state index contributed by atoms with van der Waals surface area (Å²) in [7, 11) is 0. The molecule has 0 aliphatic carbocycles. The third-order valence-electron chi connectivity index (χ3n) is 2.79. The predicted octanol–water partition coefficient (Wildman–Crippen LogP) is 4.82. The van der Waals surface area contributed by atoms with Crippen molar-refractivity contribution in [2.45, 2.75) is 20.0 Å². The molecule has 0 heterocycles. The molecule has 1 unspecified atom stereocenters. The molecule has 0 spiro atoms. The van der Waals surface area contributed by atoms with Gasteiger partial charge in [0.2, 0.25) is 0 Å². The first-order valence-corrected chi connectivity index (χ1v) is 7.61.